The molecule has 0 amide bonds. The van der Waals surface area contributed by atoms with Gasteiger partial charge < -0.3 is 9.47 Å². The number of thioether (sulfide) groups is 1. The van der Waals surface area contributed by atoms with Crippen molar-refractivity contribution in [3.8, 4) is 5.75 Å². The van der Waals surface area contributed by atoms with Crippen LogP contribution in [0.1, 0.15) is 6.92 Å². The van der Waals surface area contributed by atoms with E-state index in [4.69, 9.17) is 27.9 Å². The Bertz CT molecular complexity index is 412. The van der Waals surface area contributed by atoms with E-state index in [9.17, 15) is 4.79 Å². The van der Waals surface area contributed by atoms with E-state index in [1.807, 2.05) is 0 Å². The topological polar surface area (TPSA) is 35.5 Å². The van der Waals surface area contributed by atoms with Gasteiger partial charge in [-0.3, -0.25) is 4.79 Å². The molecule has 0 radical (unpaired) electrons. The Balaban J connectivity index is 2.32. The quantitative estimate of drug-likeness (QED) is 0.593. The molecule has 0 N–H and O–H groups in total. The highest BCUT2D eigenvalue weighted by Crippen LogP contribution is 2.27. The predicted molar refractivity (Wildman–Crippen MR) is 75.9 cm³/mol. The molecular weight excluding hydrogens is 295 g/mol. The van der Waals surface area contributed by atoms with Gasteiger partial charge in [0.2, 0.25) is 0 Å². The fourth-order valence-corrected chi connectivity index (χ4v) is 2.43. The third-order valence-electron chi connectivity index (χ3n) is 2.14. The summed E-state index contributed by atoms with van der Waals surface area (Å²) in [5.41, 5.74) is 0. The second kappa shape index (κ2) is 7.77. The van der Waals surface area contributed by atoms with Crippen LogP contribution in [-0.2, 0) is 9.53 Å². The van der Waals surface area contributed by atoms with E-state index in [0.717, 1.165) is 0 Å². The highest BCUT2D eigenvalue weighted by Gasteiger charge is 2.13. The minimum Gasteiger partial charge on any atom is -0.491 e. The third kappa shape index (κ3) is 4.96. The monoisotopic (exact) mass is 308 g/mol. The summed E-state index contributed by atoms with van der Waals surface area (Å²) in [6.07, 6.45) is 0. The number of hydrogen-bond acceptors (Lipinski definition) is 4. The number of carbonyl (C=O) groups is 1. The van der Waals surface area contributed by atoms with Gasteiger partial charge >= 0.3 is 5.97 Å². The molecule has 1 unspecified atom stereocenters. The maximum Gasteiger partial charge on any atom is 0.318 e. The van der Waals surface area contributed by atoms with Crippen LogP contribution in [0.2, 0.25) is 10.0 Å². The van der Waals surface area contributed by atoms with E-state index in [2.05, 4.69) is 4.74 Å². The van der Waals surface area contributed by atoms with Crippen LogP contribution >= 0.6 is 35.0 Å². The van der Waals surface area contributed by atoms with Crippen LogP contribution in [0.3, 0.4) is 0 Å². The van der Waals surface area contributed by atoms with Crippen molar-refractivity contribution in [1.29, 1.82) is 0 Å². The first-order valence-electron chi connectivity index (χ1n) is 5.32. The Kier molecular flexibility index (Phi) is 6.68. The van der Waals surface area contributed by atoms with Crippen LogP contribution in [-0.4, -0.2) is 30.7 Å². The summed E-state index contributed by atoms with van der Waals surface area (Å²) >= 11 is 13.2. The first kappa shape index (κ1) is 15.5. The Morgan fingerprint density at radius 1 is 1.44 bits per heavy atom. The smallest absolute Gasteiger partial charge is 0.318 e. The summed E-state index contributed by atoms with van der Waals surface area (Å²) < 4.78 is 10.1. The second-order valence-corrected chi connectivity index (χ2v) is 5.75. The van der Waals surface area contributed by atoms with Crippen LogP contribution < -0.4 is 4.74 Å². The van der Waals surface area contributed by atoms with Gasteiger partial charge in [0.1, 0.15) is 5.75 Å². The van der Waals surface area contributed by atoms with Gasteiger partial charge in [-0.2, -0.15) is 0 Å². The van der Waals surface area contributed by atoms with E-state index in [0.29, 0.717) is 28.2 Å². The third-order valence-corrected chi connectivity index (χ3v) is 3.76. The molecule has 0 spiro atoms. The number of carbonyl (C=O) groups excluding carboxylic acids is 1. The molecule has 1 aromatic carbocycles. The largest absolute Gasteiger partial charge is 0.491 e. The zero-order valence-electron chi connectivity index (χ0n) is 10.1. The predicted octanol–water partition coefficient (Wildman–Crippen LogP) is 3.67. The normalized spacial score (nSPS) is 12.0. The molecular formula is C12H14Cl2O3S. The molecule has 100 valence electrons. The van der Waals surface area contributed by atoms with Gasteiger partial charge in [-0.25, -0.2) is 0 Å². The van der Waals surface area contributed by atoms with E-state index < -0.39 is 0 Å². The lowest BCUT2D eigenvalue weighted by Crippen LogP contribution is -2.16. The average Bonchev–Trinajstić information content (AvgIpc) is 2.35. The van der Waals surface area contributed by atoms with Crippen molar-refractivity contribution in [2.24, 2.45) is 0 Å². The van der Waals surface area contributed by atoms with Crippen LogP contribution in [0.15, 0.2) is 18.2 Å². The fraction of sp³-hybridized carbons (Fsp3) is 0.417. The molecule has 0 bridgehead atoms. The van der Waals surface area contributed by atoms with Gasteiger partial charge in [-0.05, 0) is 25.1 Å². The maximum absolute atomic E-state index is 11.1. The van der Waals surface area contributed by atoms with Gasteiger partial charge in [0, 0.05) is 10.8 Å². The number of esters is 1. The van der Waals surface area contributed by atoms with Gasteiger partial charge in [-0.15, -0.1) is 11.8 Å². The van der Waals surface area contributed by atoms with Crippen molar-refractivity contribution in [1.82, 2.24) is 0 Å². The molecule has 1 rings (SSSR count). The van der Waals surface area contributed by atoms with Crippen molar-refractivity contribution in [2.75, 3.05) is 19.5 Å². The number of benzene rings is 1. The Morgan fingerprint density at radius 2 is 2.17 bits per heavy atom. The average molecular weight is 309 g/mol. The van der Waals surface area contributed by atoms with Gasteiger partial charge in [-0.1, -0.05) is 23.2 Å². The zero-order valence-corrected chi connectivity index (χ0v) is 12.4. The lowest BCUT2D eigenvalue weighted by molar-refractivity contribution is -0.139. The molecule has 3 nitrogen and oxygen atoms in total. The number of rotatable bonds is 6. The van der Waals surface area contributed by atoms with E-state index in [-0.39, 0.29) is 11.2 Å². The van der Waals surface area contributed by atoms with Gasteiger partial charge in [0.15, 0.2) is 0 Å². The molecule has 6 heteroatoms. The summed E-state index contributed by atoms with van der Waals surface area (Å²) in [5.74, 6) is 1.03. The van der Waals surface area contributed by atoms with Crippen LogP contribution in [0.4, 0.5) is 0 Å². The number of halogens is 2. The lowest BCUT2D eigenvalue weighted by Gasteiger charge is -2.10. The van der Waals surface area contributed by atoms with Gasteiger partial charge in [0.05, 0.1) is 24.0 Å². The van der Waals surface area contributed by atoms with Crippen molar-refractivity contribution in [2.45, 2.75) is 12.2 Å². The van der Waals surface area contributed by atoms with Crippen LogP contribution in [0, 0.1) is 0 Å². The van der Waals surface area contributed by atoms with Gasteiger partial charge in [0.25, 0.3) is 0 Å². The molecule has 0 saturated heterocycles. The molecule has 1 aromatic rings. The summed E-state index contributed by atoms with van der Waals surface area (Å²) in [7, 11) is 1.38. The van der Waals surface area contributed by atoms with E-state index in [1.165, 1.54) is 18.9 Å². The summed E-state index contributed by atoms with van der Waals surface area (Å²) in [4.78, 5) is 11.1. The first-order chi connectivity index (χ1) is 8.54. The van der Waals surface area contributed by atoms with E-state index >= 15 is 0 Å². The maximum atomic E-state index is 11.1. The van der Waals surface area contributed by atoms with Crippen LogP contribution in [0.5, 0.6) is 5.75 Å². The molecule has 18 heavy (non-hydrogen) atoms. The van der Waals surface area contributed by atoms with Crippen molar-refractivity contribution in [3.05, 3.63) is 28.2 Å². The highest BCUT2D eigenvalue weighted by molar-refractivity contribution is 8.00. The number of methoxy groups -OCH3 is 1. The molecule has 0 aliphatic heterocycles. The highest BCUT2D eigenvalue weighted by atomic mass is 35.5. The standard InChI is InChI=1S/C12H14Cl2O3S/c1-8(12(15)16-2)18-6-5-17-11-4-3-9(13)7-10(11)14/h3-4,7-8H,5-6H2,1-2H3. The zero-order chi connectivity index (χ0) is 13.5. The molecule has 0 fully saturated rings. The molecule has 1 atom stereocenters. The van der Waals surface area contributed by atoms with E-state index in [1.54, 1.807) is 25.1 Å². The van der Waals surface area contributed by atoms with Crippen molar-refractivity contribution >= 4 is 40.9 Å². The lowest BCUT2D eigenvalue weighted by atomic mass is 10.3. The number of ether oxygens (including phenoxy) is 2. The second-order valence-electron chi connectivity index (χ2n) is 3.46. The first-order valence-corrected chi connectivity index (χ1v) is 7.12. The Morgan fingerprint density at radius 3 is 2.78 bits per heavy atom. The summed E-state index contributed by atoms with van der Waals surface area (Å²) in [5, 5.41) is 0.855. The SMILES string of the molecule is COC(=O)C(C)SCCOc1ccc(Cl)cc1Cl. The summed E-state index contributed by atoms with van der Waals surface area (Å²) in [6.45, 7) is 2.26. The number of hydrogen-bond donors (Lipinski definition) is 0. The van der Waals surface area contributed by atoms with Crippen molar-refractivity contribution < 1.29 is 14.3 Å². The Hall–Kier alpha value is -0.580. The fourth-order valence-electron chi connectivity index (χ4n) is 1.20. The summed E-state index contributed by atoms with van der Waals surface area (Å²) in [6, 6.07) is 5.06. The molecule has 0 heterocycles. The van der Waals surface area contributed by atoms with Crippen molar-refractivity contribution in [3.63, 3.8) is 0 Å². The van der Waals surface area contributed by atoms with Crippen LogP contribution in [0.25, 0.3) is 0 Å². The minimum atomic E-state index is -0.232. The molecule has 0 aromatic heterocycles. The molecule has 0 aliphatic carbocycles. The molecule has 0 aliphatic rings. The Labute approximate surface area is 121 Å². The molecule has 0 saturated carbocycles. The minimum absolute atomic E-state index is 0.195.